The number of pyridine rings is 2. The number of piperidine rings is 1. The average molecular weight is 591 g/mol. The van der Waals surface area contributed by atoms with Crippen molar-refractivity contribution in [1.82, 2.24) is 9.97 Å². The van der Waals surface area contributed by atoms with Crippen molar-refractivity contribution in [2.24, 2.45) is 5.41 Å². The van der Waals surface area contributed by atoms with E-state index in [0.29, 0.717) is 24.4 Å². The molecule has 0 aliphatic carbocycles. The van der Waals surface area contributed by atoms with Crippen LogP contribution in [0.3, 0.4) is 0 Å². The minimum absolute atomic E-state index is 0.231. The molecule has 0 amide bonds. The smallest absolute Gasteiger partial charge is 0.337 e. The van der Waals surface area contributed by atoms with Gasteiger partial charge in [0.25, 0.3) is 0 Å². The number of rotatable bonds is 11. The first-order valence-electron chi connectivity index (χ1n) is 14.9. The van der Waals surface area contributed by atoms with E-state index in [1.165, 1.54) is 0 Å². The summed E-state index contributed by atoms with van der Waals surface area (Å²) in [5.74, 6) is 0.547. The first kappa shape index (κ1) is 32.1. The van der Waals surface area contributed by atoms with Gasteiger partial charge in [-0.05, 0) is 82.3 Å². The molecule has 9 heteroatoms. The highest BCUT2D eigenvalue weighted by Gasteiger charge is 2.36. The lowest BCUT2D eigenvalue weighted by atomic mass is 9.82. The largest absolute Gasteiger partial charge is 0.497 e. The molecule has 1 N–H and O–H groups in total. The fraction of sp³-hybridized carbons (Fsp3) is 0.500. The van der Waals surface area contributed by atoms with E-state index in [9.17, 15) is 9.90 Å². The van der Waals surface area contributed by atoms with E-state index in [1.807, 2.05) is 83.5 Å². The number of methoxy groups -OCH3 is 1. The van der Waals surface area contributed by atoms with E-state index in [-0.39, 0.29) is 5.41 Å². The van der Waals surface area contributed by atoms with Crippen LogP contribution in [-0.2, 0) is 9.53 Å². The van der Waals surface area contributed by atoms with Crippen molar-refractivity contribution in [2.45, 2.75) is 66.1 Å². The van der Waals surface area contributed by atoms with Crippen LogP contribution in [0, 0.1) is 12.3 Å². The molecule has 1 saturated heterocycles. The Labute approximate surface area is 255 Å². The molecule has 1 atom stereocenters. The Hall–Kier alpha value is -3.85. The minimum Gasteiger partial charge on any atom is -0.497 e. The summed E-state index contributed by atoms with van der Waals surface area (Å²) < 4.78 is 17.3. The van der Waals surface area contributed by atoms with Crippen LogP contribution in [-0.4, -0.2) is 67.0 Å². The number of nitrogens with zero attached hydrogens (tertiary/aromatic N) is 4. The molecule has 1 aliphatic heterocycles. The monoisotopic (exact) mass is 590 g/mol. The molecule has 43 heavy (non-hydrogen) atoms. The first-order valence-corrected chi connectivity index (χ1v) is 14.9. The van der Waals surface area contributed by atoms with Crippen LogP contribution in [0.5, 0.6) is 11.5 Å². The Morgan fingerprint density at radius 2 is 1.70 bits per heavy atom. The molecule has 2 aromatic heterocycles. The third-order valence-electron chi connectivity index (χ3n) is 7.90. The van der Waals surface area contributed by atoms with Gasteiger partial charge in [-0.1, -0.05) is 13.8 Å². The molecular weight excluding hydrogens is 544 g/mol. The van der Waals surface area contributed by atoms with Gasteiger partial charge in [0.1, 0.15) is 18.1 Å². The Bertz CT molecular complexity index is 1370. The number of aliphatic carboxylic acids is 1. The van der Waals surface area contributed by atoms with Gasteiger partial charge >= 0.3 is 5.97 Å². The molecule has 4 rings (SSSR count). The average Bonchev–Trinajstić information content (AvgIpc) is 2.96. The van der Waals surface area contributed by atoms with Crippen molar-refractivity contribution in [3.05, 3.63) is 60.0 Å². The maximum Gasteiger partial charge on any atom is 0.337 e. The van der Waals surface area contributed by atoms with E-state index in [2.05, 4.69) is 28.6 Å². The van der Waals surface area contributed by atoms with Crippen molar-refractivity contribution in [3.8, 4) is 22.8 Å². The van der Waals surface area contributed by atoms with Crippen LogP contribution in [0.1, 0.15) is 64.8 Å². The molecule has 0 saturated carbocycles. The third-order valence-corrected chi connectivity index (χ3v) is 7.90. The Kier molecular flexibility index (Phi) is 9.85. The molecule has 0 unspecified atom stereocenters. The lowest BCUT2D eigenvalue weighted by Gasteiger charge is -2.40. The molecule has 0 radical (unpaired) electrons. The van der Waals surface area contributed by atoms with E-state index >= 15 is 0 Å². The highest BCUT2D eigenvalue weighted by Crippen LogP contribution is 2.43. The number of likely N-dealkylation sites (N-methyl/N-ethyl adjacent to an activating group) is 1. The molecule has 3 aromatic rings. The van der Waals surface area contributed by atoms with Gasteiger partial charge in [0.15, 0.2) is 6.10 Å². The van der Waals surface area contributed by atoms with Crippen molar-refractivity contribution in [2.75, 3.05) is 50.2 Å². The predicted molar refractivity (Wildman–Crippen MR) is 170 cm³/mol. The fourth-order valence-electron chi connectivity index (χ4n) is 5.25. The minimum atomic E-state index is -1.16. The Morgan fingerprint density at radius 1 is 1.05 bits per heavy atom. The fourth-order valence-corrected chi connectivity index (χ4v) is 5.25. The quantitative estimate of drug-likeness (QED) is 0.267. The van der Waals surface area contributed by atoms with Gasteiger partial charge in [-0.3, -0.25) is 9.97 Å². The van der Waals surface area contributed by atoms with Crippen LogP contribution in [0.25, 0.3) is 11.3 Å². The predicted octanol–water partition coefficient (Wildman–Crippen LogP) is 6.54. The van der Waals surface area contributed by atoms with Crippen molar-refractivity contribution in [3.63, 3.8) is 0 Å². The van der Waals surface area contributed by atoms with Gasteiger partial charge in [-0.2, -0.15) is 0 Å². The van der Waals surface area contributed by atoms with E-state index in [1.54, 1.807) is 7.11 Å². The summed E-state index contributed by atoms with van der Waals surface area (Å²) >= 11 is 0. The lowest BCUT2D eigenvalue weighted by Crippen LogP contribution is -2.39. The van der Waals surface area contributed by atoms with Crippen molar-refractivity contribution in [1.29, 1.82) is 0 Å². The molecule has 1 aliphatic rings. The zero-order valence-corrected chi connectivity index (χ0v) is 26.8. The molecule has 0 bridgehead atoms. The molecule has 232 valence electrons. The first-order chi connectivity index (χ1) is 20.3. The number of hydrogen-bond acceptors (Lipinski definition) is 8. The summed E-state index contributed by atoms with van der Waals surface area (Å²) in [7, 11) is 3.64. The standard InChI is InChI=1S/C34H46N4O5/c1-23-29(31(32(39)40)43-33(2,3)4)30(38-17-15-34(5,6)16-18-38)27(22-35-23)28-14-9-24(21-36-28)37(7)19-20-42-26-12-10-25(41-8)11-13-26/h9-14,21-22,31H,15-20H2,1-8H3,(H,39,40)/t31-/m0/s1. The molecular formula is C34H46N4O5. The maximum atomic E-state index is 12.6. The van der Waals surface area contributed by atoms with Gasteiger partial charge in [-0.15, -0.1) is 0 Å². The second-order valence-electron chi connectivity index (χ2n) is 13.0. The second kappa shape index (κ2) is 13.2. The van der Waals surface area contributed by atoms with Crippen molar-refractivity contribution >= 4 is 17.3 Å². The van der Waals surface area contributed by atoms with Gasteiger partial charge < -0.3 is 29.1 Å². The SMILES string of the molecule is COc1ccc(OCCN(C)c2ccc(-c3cnc(C)c([C@H](OC(C)(C)C)C(=O)O)c3N3CCC(C)(C)CC3)nc2)cc1. The van der Waals surface area contributed by atoms with Crippen molar-refractivity contribution < 1.29 is 24.1 Å². The molecule has 0 spiro atoms. The summed E-state index contributed by atoms with van der Waals surface area (Å²) in [6, 6.07) is 11.5. The lowest BCUT2D eigenvalue weighted by molar-refractivity contribution is -0.160. The summed E-state index contributed by atoms with van der Waals surface area (Å²) in [5.41, 5.74) is 4.15. The number of benzene rings is 1. The number of carboxylic acid groups (broad SMARTS) is 1. The molecule has 1 aromatic carbocycles. The normalized spacial score (nSPS) is 15.6. The van der Waals surface area contributed by atoms with Crippen LogP contribution >= 0.6 is 0 Å². The number of hydrogen-bond donors (Lipinski definition) is 1. The maximum absolute atomic E-state index is 12.6. The number of anilines is 2. The van der Waals surface area contributed by atoms with Crippen LogP contribution in [0.15, 0.2) is 48.8 Å². The number of aromatic nitrogens is 2. The van der Waals surface area contributed by atoms with Crippen LogP contribution in [0.4, 0.5) is 11.4 Å². The van der Waals surface area contributed by atoms with E-state index in [4.69, 9.17) is 19.2 Å². The van der Waals surface area contributed by atoms with E-state index < -0.39 is 17.7 Å². The van der Waals surface area contributed by atoms with Crippen LogP contribution < -0.4 is 19.3 Å². The van der Waals surface area contributed by atoms with Gasteiger partial charge in [0.2, 0.25) is 0 Å². The van der Waals surface area contributed by atoms with E-state index in [0.717, 1.165) is 60.1 Å². The Morgan fingerprint density at radius 3 is 2.26 bits per heavy atom. The number of ether oxygens (including phenoxy) is 3. The highest BCUT2D eigenvalue weighted by molar-refractivity contribution is 5.85. The molecule has 3 heterocycles. The molecule has 9 nitrogen and oxygen atoms in total. The topological polar surface area (TPSA) is 97.2 Å². The number of carbonyl (C=O) groups is 1. The second-order valence-corrected chi connectivity index (χ2v) is 13.0. The van der Waals surface area contributed by atoms with Gasteiger partial charge in [-0.25, -0.2) is 4.79 Å². The zero-order valence-electron chi connectivity index (χ0n) is 26.8. The summed E-state index contributed by atoms with van der Waals surface area (Å²) in [4.78, 5) is 26.5. The summed E-state index contributed by atoms with van der Waals surface area (Å²) in [6.07, 6.45) is 4.50. The third kappa shape index (κ3) is 8.16. The highest BCUT2D eigenvalue weighted by atomic mass is 16.5. The summed E-state index contributed by atoms with van der Waals surface area (Å²) in [5, 5.41) is 10.3. The van der Waals surface area contributed by atoms with Crippen LogP contribution in [0.2, 0.25) is 0 Å². The van der Waals surface area contributed by atoms with Gasteiger partial charge in [0, 0.05) is 43.2 Å². The number of carboxylic acids is 1. The summed E-state index contributed by atoms with van der Waals surface area (Å²) in [6.45, 7) is 14.8. The van der Waals surface area contributed by atoms with Gasteiger partial charge in [0.05, 0.1) is 42.5 Å². The Balaban J connectivity index is 1.62. The molecule has 1 fully saturated rings. The zero-order chi connectivity index (χ0) is 31.4. The number of aryl methyl sites for hydroxylation is 1.